The zero-order valence-corrected chi connectivity index (χ0v) is 18.8. The summed E-state index contributed by atoms with van der Waals surface area (Å²) >= 11 is 6.16. The van der Waals surface area contributed by atoms with Gasteiger partial charge in [0.2, 0.25) is 0 Å². The molecule has 0 saturated heterocycles. The van der Waals surface area contributed by atoms with Crippen LogP contribution in [0.2, 0.25) is 5.02 Å². The second-order valence-corrected chi connectivity index (χ2v) is 9.38. The molecule has 156 valence electrons. The van der Waals surface area contributed by atoms with Gasteiger partial charge in [-0.15, -0.1) is 0 Å². The highest BCUT2D eigenvalue weighted by atomic mass is 35.5. The highest BCUT2D eigenvalue weighted by Gasteiger charge is 2.21. The second kappa shape index (κ2) is 8.50. The molecular weight excluding hydrogens is 420 g/mol. The molecule has 0 unspecified atom stereocenters. The number of anilines is 2. The Labute approximate surface area is 182 Å². The maximum absolute atomic E-state index is 12.9. The normalized spacial score (nSPS) is 11.2. The van der Waals surface area contributed by atoms with Crippen molar-refractivity contribution < 1.29 is 13.2 Å². The lowest BCUT2D eigenvalue weighted by Crippen LogP contribution is -2.17. The Balaban J connectivity index is 1.89. The summed E-state index contributed by atoms with van der Waals surface area (Å²) in [4.78, 5) is 12.5. The van der Waals surface area contributed by atoms with E-state index in [1.807, 2.05) is 52.0 Å². The van der Waals surface area contributed by atoms with Gasteiger partial charge in [-0.25, -0.2) is 8.42 Å². The molecule has 0 bridgehead atoms. The van der Waals surface area contributed by atoms with Gasteiger partial charge in [0, 0.05) is 11.3 Å². The summed E-state index contributed by atoms with van der Waals surface area (Å²) in [5.41, 5.74) is 5.27. The highest BCUT2D eigenvalue weighted by molar-refractivity contribution is 7.92. The number of carbonyl (C=O) groups excluding carboxylic acids is 1. The molecule has 0 aliphatic rings. The SMILES string of the molecule is Cc1ccc(NS(=O)(=O)c2cc(C(=O)Nc3ccc(C)c(C)c3)ccc2Cl)c(C)c1. The molecule has 2 N–H and O–H groups in total. The molecule has 0 heterocycles. The molecule has 0 radical (unpaired) electrons. The first-order chi connectivity index (χ1) is 14.1. The number of nitrogens with one attached hydrogen (secondary N) is 2. The molecule has 3 aromatic carbocycles. The van der Waals surface area contributed by atoms with Crippen molar-refractivity contribution in [2.75, 3.05) is 10.0 Å². The van der Waals surface area contributed by atoms with Crippen molar-refractivity contribution in [2.24, 2.45) is 0 Å². The summed E-state index contributed by atoms with van der Waals surface area (Å²) < 4.78 is 28.5. The molecule has 3 rings (SSSR count). The maximum Gasteiger partial charge on any atom is 0.263 e. The number of rotatable bonds is 5. The van der Waals surface area contributed by atoms with Crippen molar-refractivity contribution in [3.63, 3.8) is 0 Å². The van der Waals surface area contributed by atoms with E-state index in [1.165, 1.54) is 18.2 Å². The van der Waals surface area contributed by atoms with Crippen LogP contribution < -0.4 is 10.0 Å². The average Bonchev–Trinajstić information content (AvgIpc) is 2.67. The van der Waals surface area contributed by atoms with E-state index in [4.69, 9.17) is 11.6 Å². The monoisotopic (exact) mass is 442 g/mol. The number of hydrogen-bond acceptors (Lipinski definition) is 3. The Morgan fingerprint density at radius 1 is 0.833 bits per heavy atom. The number of halogens is 1. The van der Waals surface area contributed by atoms with E-state index in [1.54, 1.807) is 12.1 Å². The lowest BCUT2D eigenvalue weighted by molar-refractivity contribution is 0.102. The number of aryl methyl sites for hydroxylation is 4. The molecular formula is C23H23ClN2O3S. The van der Waals surface area contributed by atoms with Gasteiger partial charge in [-0.1, -0.05) is 35.4 Å². The molecule has 0 fully saturated rings. The molecule has 30 heavy (non-hydrogen) atoms. The molecule has 3 aromatic rings. The topological polar surface area (TPSA) is 75.3 Å². The first kappa shape index (κ1) is 21.9. The van der Waals surface area contributed by atoms with Crippen LogP contribution in [0, 0.1) is 27.7 Å². The van der Waals surface area contributed by atoms with E-state index >= 15 is 0 Å². The fraction of sp³-hybridized carbons (Fsp3) is 0.174. The zero-order chi connectivity index (χ0) is 22.1. The van der Waals surface area contributed by atoms with Crippen LogP contribution in [-0.2, 0) is 10.0 Å². The largest absolute Gasteiger partial charge is 0.322 e. The minimum atomic E-state index is -3.98. The van der Waals surface area contributed by atoms with Crippen LogP contribution in [0.5, 0.6) is 0 Å². The number of carbonyl (C=O) groups is 1. The summed E-state index contributed by atoms with van der Waals surface area (Å²) in [5.74, 6) is -0.419. The smallest absolute Gasteiger partial charge is 0.263 e. The van der Waals surface area contributed by atoms with Gasteiger partial charge >= 0.3 is 0 Å². The molecule has 5 nitrogen and oxygen atoms in total. The Morgan fingerprint density at radius 3 is 2.23 bits per heavy atom. The van der Waals surface area contributed by atoms with Crippen LogP contribution in [0.3, 0.4) is 0 Å². The zero-order valence-electron chi connectivity index (χ0n) is 17.2. The standard InChI is InChI=1S/C23H23ClN2O3S/c1-14-5-10-21(17(4)11-14)26-30(28,29)22-13-18(7-9-20(22)24)23(27)25-19-8-6-15(2)16(3)12-19/h5-13,26H,1-4H3,(H,25,27). The number of hydrogen-bond donors (Lipinski definition) is 2. The predicted molar refractivity (Wildman–Crippen MR) is 122 cm³/mol. The molecule has 0 aliphatic carbocycles. The first-order valence-electron chi connectivity index (χ1n) is 9.35. The Bertz CT molecular complexity index is 1240. The Morgan fingerprint density at radius 2 is 1.57 bits per heavy atom. The minimum absolute atomic E-state index is 0.0370. The van der Waals surface area contributed by atoms with Crippen LogP contribution in [0.25, 0.3) is 0 Å². The summed E-state index contributed by atoms with van der Waals surface area (Å²) in [5, 5.41) is 2.83. The van der Waals surface area contributed by atoms with Crippen molar-refractivity contribution in [1.82, 2.24) is 0 Å². The minimum Gasteiger partial charge on any atom is -0.322 e. The third-order valence-corrected chi connectivity index (χ3v) is 6.72. The fourth-order valence-electron chi connectivity index (χ4n) is 3.00. The van der Waals surface area contributed by atoms with Crippen molar-refractivity contribution >= 4 is 38.9 Å². The van der Waals surface area contributed by atoms with Gasteiger partial charge in [0.25, 0.3) is 15.9 Å². The van der Waals surface area contributed by atoms with Crippen molar-refractivity contribution in [3.05, 3.63) is 87.4 Å². The lowest BCUT2D eigenvalue weighted by Gasteiger charge is -2.13. The van der Waals surface area contributed by atoms with Crippen LogP contribution in [0.15, 0.2) is 59.5 Å². The van der Waals surface area contributed by atoms with Crippen LogP contribution in [0.1, 0.15) is 32.6 Å². The number of benzene rings is 3. The van der Waals surface area contributed by atoms with Crippen LogP contribution in [-0.4, -0.2) is 14.3 Å². The molecule has 0 saturated carbocycles. The van der Waals surface area contributed by atoms with E-state index in [0.717, 1.165) is 22.3 Å². The molecule has 0 aromatic heterocycles. The molecule has 7 heteroatoms. The van der Waals surface area contributed by atoms with Gasteiger partial charge in [0.15, 0.2) is 0 Å². The third kappa shape index (κ3) is 4.83. The molecule has 0 atom stereocenters. The quantitative estimate of drug-likeness (QED) is 0.537. The Hall–Kier alpha value is -2.83. The lowest BCUT2D eigenvalue weighted by atomic mass is 10.1. The molecule has 0 spiro atoms. The van der Waals surface area contributed by atoms with Gasteiger partial charge < -0.3 is 5.32 Å². The average molecular weight is 443 g/mol. The van der Waals surface area contributed by atoms with Crippen molar-refractivity contribution in [2.45, 2.75) is 32.6 Å². The maximum atomic E-state index is 12.9. The Kier molecular flexibility index (Phi) is 6.19. The van der Waals surface area contributed by atoms with E-state index in [-0.39, 0.29) is 15.5 Å². The van der Waals surface area contributed by atoms with Gasteiger partial charge in [-0.3, -0.25) is 9.52 Å². The number of sulfonamides is 1. The molecule has 1 amide bonds. The fourth-order valence-corrected chi connectivity index (χ4v) is 4.66. The summed E-state index contributed by atoms with van der Waals surface area (Å²) in [7, 11) is -3.98. The predicted octanol–water partition coefficient (Wildman–Crippen LogP) is 5.63. The highest BCUT2D eigenvalue weighted by Crippen LogP contribution is 2.27. The summed E-state index contributed by atoms with van der Waals surface area (Å²) in [6, 6.07) is 15.2. The second-order valence-electron chi connectivity index (χ2n) is 7.32. The van der Waals surface area contributed by atoms with E-state index in [0.29, 0.717) is 11.4 Å². The van der Waals surface area contributed by atoms with Crippen LogP contribution in [0.4, 0.5) is 11.4 Å². The third-order valence-electron chi connectivity index (χ3n) is 4.87. The van der Waals surface area contributed by atoms with E-state index < -0.39 is 15.9 Å². The van der Waals surface area contributed by atoms with E-state index in [2.05, 4.69) is 10.0 Å². The van der Waals surface area contributed by atoms with Crippen molar-refractivity contribution in [3.8, 4) is 0 Å². The summed E-state index contributed by atoms with van der Waals surface area (Å²) in [6.45, 7) is 7.69. The van der Waals surface area contributed by atoms with Crippen molar-refractivity contribution in [1.29, 1.82) is 0 Å². The molecule has 0 aliphatic heterocycles. The van der Waals surface area contributed by atoms with Crippen LogP contribution >= 0.6 is 11.6 Å². The van der Waals surface area contributed by atoms with Gasteiger partial charge in [0.1, 0.15) is 4.90 Å². The summed E-state index contributed by atoms with van der Waals surface area (Å²) in [6.07, 6.45) is 0. The first-order valence-corrected chi connectivity index (χ1v) is 11.2. The number of amides is 1. The van der Waals surface area contributed by atoms with Gasteiger partial charge in [-0.05, 0) is 80.8 Å². The van der Waals surface area contributed by atoms with Gasteiger partial charge in [-0.2, -0.15) is 0 Å². The van der Waals surface area contributed by atoms with Gasteiger partial charge in [0.05, 0.1) is 10.7 Å². The van der Waals surface area contributed by atoms with E-state index in [9.17, 15) is 13.2 Å².